The minimum Gasteiger partial charge on any atom is -0.490 e. The number of rotatable bonds is 6. The average molecular weight is 410 g/mol. The first-order valence-electron chi connectivity index (χ1n) is 10.8. The normalized spacial score (nSPS) is 23.1. The van der Waals surface area contributed by atoms with Crippen molar-refractivity contribution in [1.82, 2.24) is 10.3 Å². The van der Waals surface area contributed by atoms with Gasteiger partial charge in [-0.25, -0.2) is 4.39 Å². The summed E-state index contributed by atoms with van der Waals surface area (Å²) in [5.41, 5.74) is 2.22. The van der Waals surface area contributed by atoms with Gasteiger partial charge in [-0.15, -0.1) is 0 Å². The minimum absolute atomic E-state index is 0.0552. The van der Waals surface area contributed by atoms with Crippen LogP contribution in [-0.4, -0.2) is 36.9 Å². The molecule has 0 spiro atoms. The molecule has 0 amide bonds. The molecule has 3 atom stereocenters. The maximum atomic E-state index is 13.7. The summed E-state index contributed by atoms with van der Waals surface area (Å²) in [7, 11) is 0. The zero-order valence-corrected chi connectivity index (χ0v) is 17.1. The zero-order valence-electron chi connectivity index (χ0n) is 17.1. The maximum Gasteiger partial charge on any atom is 0.204 e. The fourth-order valence-corrected chi connectivity index (χ4v) is 4.68. The molecule has 0 radical (unpaired) electrons. The van der Waals surface area contributed by atoms with Crippen molar-refractivity contribution < 1.29 is 18.6 Å². The highest BCUT2D eigenvalue weighted by molar-refractivity contribution is 5.83. The first-order chi connectivity index (χ1) is 14.7. The van der Waals surface area contributed by atoms with Crippen molar-refractivity contribution in [3.05, 3.63) is 54.0 Å². The molecule has 2 aliphatic rings. The molecule has 5 rings (SSSR count). The summed E-state index contributed by atoms with van der Waals surface area (Å²) in [6, 6.07) is 11.1. The molecule has 1 aliphatic carbocycles. The number of para-hydroxylation sites is 1. The first kappa shape index (κ1) is 19.2. The Morgan fingerprint density at radius 1 is 1.23 bits per heavy atom. The van der Waals surface area contributed by atoms with Crippen LogP contribution in [0.4, 0.5) is 4.39 Å². The number of halogens is 1. The predicted molar refractivity (Wildman–Crippen MR) is 114 cm³/mol. The lowest BCUT2D eigenvalue weighted by Crippen LogP contribution is -2.41. The van der Waals surface area contributed by atoms with Crippen LogP contribution in [0.5, 0.6) is 17.2 Å². The second kappa shape index (κ2) is 8.19. The van der Waals surface area contributed by atoms with E-state index >= 15 is 0 Å². The number of benzene rings is 2. The first-order valence-corrected chi connectivity index (χ1v) is 10.8. The Balaban J connectivity index is 1.20. The van der Waals surface area contributed by atoms with Crippen molar-refractivity contribution >= 4 is 10.9 Å². The highest BCUT2D eigenvalue weighted by atomic mass is 19.1. The number of hydrogen-bond donors (Lipinski definition) is 2. The lowest BCUT2D eigenvalue weighted by Gasteiger charge is -2.29. The van der Waals surface area contributed by atoms with E-state index in [2.05, 4.69) is 10.3 Å². The summed E-state index contributed by atoms with van der Waals surface area (Å²) in [6.45, 7) is 3.79. The Kier molecular flexibility index (Phi) is 5.25. The zero-order chi connectivity index (χ0) is 20.5. The largest absolute Gasteiger partial charge is 0.490 e. The molecule has 2 heterocycles. The van der Waals surface area contributed by atoms with E-state index in [1.165, 1.54) is 11.6 Å². The average Bonchev–Trinajstić information content (AvgIpc) is 3.39. The van der Waals surface area contributed by atoms with Gasteiger partial charge in [-0.05, 0) is 68.0 Å². The molecule has 0 saturated heterocycles. The minimum atomic E-state index is -0.183. The molecule has 30 heavy (non-hydrogen) atoms. The molecule has 3 aromatic rings. The summed E-state index contributed by atoms with van der Waals surface area (Å²) >= 11 is 0. The number of fused-ring (bicyclic) bond motifs is 2. The fourth-order valence-electron chi connectivity index (χ4n) is 4.68. The highest BCUT2D eigenvalue weighted by Gasteiger charge is 2.30. The molecule has 0 bridgehead atoms. The molecule has 5 nitrogen and oxygen atoms in total. The van der Waals surface area contributed by atoms with Gasteiger partial charge in [0.25, 0.3) is 0 Å². The Labute approximate surface area is 175 Å². The summed E-state index contributed by atoms with van der Waals surface area (Å²) in [5.74, 6) is 2.42. The number of nitrogens with one attached hydrogen (secondary N) is 2. The van der Waals surface area contributed by atoms with Crippen molar-refractivity contribution in [2.75, 3.05) is 19.8 Å². The summed E-state index contributed by atoms with van der Waals surface area (Å²) in [6.07, 6.45) is 5.22. The Morgan fingerprint density at radius 3 is 3.07 bits per heavy atom. The van der Waals surface area contributed by atoms with Crippen LogP contribution < -0.4 is 19.5 Å². The van der Waals surface area contributed by atoms with E-state index in [1.54, 1.807) is 6.07 Å². The molecule has 158 valence electrons. The van der Waals surface area contributed by atoms with Gasteiger partial charge in [0.2, 0.25) is 5.75 Å². The fraction of sp³-hybridized carbons (Fsp3) is 0.417. The molecule has 1 aromatic heterocycles. The SMILES string of the molecule is CCOc1cccc2c1O[C@@H](CN[C@H]1CC[C@H](c3c[nH]c4ccc(F)cc34)C1)CO2. The van der Waals surface area contributed by atoms with Crippen molar-refractivity contribution in [2.45, 2.75) is 44.2 Å². The van der Waals surface area contributed by atoms with Gasteiger partial charge < -0.3 is 24.5 Å². The Hall–Kier alpha value is -2.73. The lowest BCUT2D eigenvalue weighted by atomic mass is 9.97. The topological polar surface area (TPSA) is 55.5 Å². The van der Waals surface area contributed by atoms with E-state index in [0.29, 0.717) is 30.9 Å². The van der Waals surface area contributed by atoms with Crippen molar-refractivity contribution in [3.8, 4) is 17.2 Å². The highest BCUT2D eigenvalue weighted by Crippen LogP contribution is 2.41. The van der Waals surface area contributed by atoms with Gasteiger partial charge in [0.15, 0.2) is 11.5 Å². The van der Waals surface area contributed by atoms with Crippen LogP contribution in [-0.2, 0) is 0 Å². The molecule has 1 saturated carbocycles. The van der Waals surface area contributed by atoms with Crippen molar-refractivity contribution in [1.29, 1.82) is 0 Å². The number of H-pyrrole nitrogens is 1. The van der Waals surface area contributed by atoms with Crippen LogP contribution in [0.1, 0.15) is 37.7 Å². The summed E-state index contributed by atoms with van der Waals surface area (Å²) in [4.78, 5) is 3.28. The second-order valence-electron chi connectivity index (χ2n) is 8.12. The Morgan fingerprint density at radius 2 is 2.17 bits per heavy atom. The molecule has 2 N–H and O–H groups in total. The summed E-state index contributed by atoms with van der Waals surface area (Å²) in [5, 5.41) is 4.66. The Bertz CT molecular complexity index is 1030. The van der Waals surface area contributed by atoms with E-state index in [-0.39, 0.29) is 11.9 Å². The molecule has 1 fully saturated rings. The van der Waals surface area contributed by atoms with Crippen LogP contribution in [0.3, 0.4) is 0 Å². The van der Waals surface area contributed by atoms with Crippen molar-refractivity contribution in [2.24, 2.45) is 0 Å². The molecule has 1 aliphatic heterocycles. The van der Waals surface area contributed by atoms with Gasteiger partial charge in [-0.2, -0.15) is 0 Å². The number of hydrogen-bond acceptors (Lipinski definition) is 4. The van der Waals surface area contributed by atoms with Gasteiger partial charge in [0, 0.05) is 29.7 Å². The van der Waals surface area contributed by atoms with Crippen LogP contribution in [0.25, 0.3) is 10.9 Å². The second-order valence-corrected chi connectivity index (χ2v) is 8.12. The molecular formula is C24H27FN2O3. The lowest BCUT2D eigenvalue weighted by molar-refractivity contribution is 0.0834. The van der Waals surface area contributed by atoms with Gasteiger partial charge in [0.05, 0.1) is 6.61 Å². The number of aromatic amines is 1. The van der Waals surface area contributed by atoms with Gasteiger partial charge in [-0.3, -0.25) is 0 Å². The van der Waals surface area contributed by atoms with E-state index in [4.69, 9.17) is 14.2 Å². The van der Waals surface area contributed by atoms with E-state index < -0.39 is 0 Å². The van der Waals surface area contributed by atoms with Gasteiger partial charge in [-0.1, -0.05) is 6.07 Å². The number of aromatic nitrogens is 1. The monoisotopic (exact) mass is 410 g/mol. The quantitative estimate of drug-likeness (QED) is 0.615. The smallest absolute Gasteiger partial charge is 0.204 e. The van der Waals surface area contributed by atoms with Crippen LogP contribution in [0.2, 0.25) is 0 Å². The predicted octanol–water partition coefficient (Wildman–Crippen LogP) is 4.77. The molecular weight excluding hydrogens is 383 g/mol. The molecule has 0 unspecified atom stereocenters. The van der Waals surface area contributed by atoms with Gasteiger partial charge in [0.1, 0.15) is 18.5 Å². The van der Waals surface area contributed by atoms with Crippen LogP contribution in [0.15, 0.2) is 42.6 Å². The maximum absolute atomic E-state index is 13.7. The van der Waals surface area contributed by atoms with Crippen LogP contribution in [0, 0.1) is 5.82 Å². The van der Waals surface area contributed by atoms with E-state index in [0.717, 1.165) is 48.2 Å². The third-order valence-corrected chi connectivity index (χ3v) is 6.13. The van der Waals surface area contributed by atoms with Crippen molar-refractivity contribution in [3.63, 3.8) is 0 Å². The third kappa shape index (κ3) is 3.72. The standard InChI is InChI=1S/C24H27FN2O3/c1-2-28-22-4-3-5-23-24(22)30-18(14-29-23)12-26-17-8-6-15(10-17)20-13-27-21-9-7-16(25)11-19(20)21/h3-5,7,9,11,13,15,17-18,26-27H,2,6,8,10,12,14H2,1H3/t15-,17-,18-/m0/s1. The third-order valence-electron chi connectivity index (χ3n) is 6.13. The molecule has 2 aromatic carbocycles. The van der Waals surface area contributed by atoms with E-state index in [9.17, 15) is 4.39 Å². The van der Waals surface area contributed by atoms with E-state index in [1.807, 2.05) is 37.4 Å². The summed E-state index contributed by atoms with van der Waals surface area (Å²) < 4.78 is 31.5. The number of ether oxygens (including phenoxy) is 3. The van der Waals surface area contributed by atoms with Crippen LogP contribution >= 0.6 is 0 Å². The van der Waals surface area contributed by atoms with Gasteiger partial charge >= 0.3 is 0 Å². The molecule has 6 heteroatoms.